The number of nitrogens with two attached hydrogens (primary N) is 1. The first-order valence-electron chi connectivity index (χ1n) is 5.79. The van der Waals surface area contributed by atoms with Gasteiger partial charge in [-0.3, -0.25) is 4.79 Å². The largest absolute Gasteiger partial charge is 0.399 e. The Hall–Kier alpha value is -1.27. The van der Waals surface area contributed by atoms with Crippen LogP contribution in [0.4, 0.5) is 5.69 Å². The van der Waals surface area contributed by atoms with Gasteiger partial charge in [0.1, 0.15) is 0 Å². The van der Waals surface area contributed by atoms with Crippen LogP contribution in [0, 0.1) is 0 Å². The molecule has 0 radical (unpaired) electrons. The standard InChI is InChI=1S/C12H15ClN2O3S/c1-12(4-5-19(17,18)7-12)15-11(16)9-3-2-8(14)6-10(9)13/h2-3,6H,4-5,7,14H2,1H3,(H,15,16). The van der Waals surface area contributed by atoms with Gasteiger partial charge in [-0.15, -0.1) is 0 Å². The van der Waals surface area contributed by atoms with Crippen LogP contribution in [0.1, 0.15) is 23.7 Å². The van der Waals surface area contributed by atoms with Crippen molar-refractivity contribution in [3.63, 3.8) is 0 Å². The molecule has 1 amide bonds. The highest BCUT2D eigenvalue weighted by molar-refractivity contribution is 7.91. The Kier molecular flexibility index (Phi) is 3.49. The number of nitrogen functional groups attached to an aromatic ring is 1. The van der Waals surface area contributed by atoms with Crippen LogP contribution in [-0.2, 0) is 9.84 Å². The van der Waals surface area contributed by atoms with Crippen molar-refractivity contribution in [2.24, 2.45) is 0 Å². The Balaban J connectivity index is 2.18. The van der Waals surface area contributed by atoms with Crippen LogP contribution in [0.15, 0.2) is 18.2 Å². The molecule has 0 saturated carbocycles. The zero-order valence-electron chi connectivity index (χ0n) is 10.4. The Labute approximate surface area is 117 Å². The van der Waals surface area contributed by atoms with E-state index >= 15 is 0 Å². The summed E-state index contributed by atoms with van der Waals surface area (Å²) in [6.07, 6.45) is 0.410. The molecule has 1 heterocycles. The number of carbonyl (C=O) groups excluding carboxylic acids is 1. The Morgan fingerprint density at radius 2 is 2.16 bits per heavy atom. The highest BCUT2D eigenvalue weighted by atomic mass is 35.5. The maximum atomic E-state index is 12.1. The third-order valence-electron chi connectivity index (χ3n) is 3.16. The summed E-state index contributed by atoms with van der Waals surface area (Å²) < 4.78 is 23.0. The van der Waals surface area contributed by atoms with Crippen molar-refractivity contribution in [2.45, 2.75) is 18.9 Å². The van der Waals surface area contributed by atoms with E-state index in [1.807, 2.05) is 0 Å². The Bertz CT molecular complexity index is 630. The molecule has 1 fully saturated rings. The normalized spacial score (nSPS) is 25.2. The molecule has 1 aliphatic heterocycles. The lowest BCUT2D eigenvalue weighted by atomic mass is 10.0. The van der Waals surface area contributed by atoms with E-state index in [2.05, 4.69) is 5.32 Å². The van der Waals surface area contributed by atoms with Crippen molar-refractivity contribution in [1.29, 1.82) is 0 Å². The van der Waals surface area contributed by atoms with Gasteiger partial charge in [-0.05, 0) is 31.5 Å². The number of amides is 1. The van der Waals surface area contributed by atoms with Gasteiger partial charge in [0.15, 0.2) is 9.84 Å². The lowest BCUT2D eigenvalue weighted by molar-refractivity contribution is 0.0915. The SMILES string of the molecule is CC1(NC(=O)c2ccc(N)cc2Cl)CCS(=O)(=O)C1. The maximum absolute atomic E-state index is 12.1. The number of carbonyl (C=O) groups is 1. The van der Waals surface area contributed by atoms with Gasteiger partial charge < -0.3 is 11.1 Å². The van der Waals surface area contributed by atoms with E-state index in [0.717, 1.165) is 0 Å². The molecule has 1 atom stereocenters. The average Bonchev–Trinajstić information content (AvgIpc) is 2.52. The highest BCUT2D eigenvalue weighted by Crippen LogP contribution is 2.25. The molecule has 0 aliphatic carbocycles. The first-order chi connectivity index (χ1) is 8.71. The molecule has 104 valence electrons. The summed E-state index contributed by atoms with van der Waals surface area (Å²) in [6, 6.07) is 4.60. The van der Waals surface area contributed by atoms with E-state index in [9.17, 15) is 13.2 Å². The molecule has 0 spiro atoms. The van der Waals surface area contributed by atoms with Crippen LogP contribution < -0.4 is 11.1 Å². The fourth-order valence-corrected chi connectivity index (χ4v) is 4.53. The molecule has 2 rings (SSSR count). The minimum absolute atomic E-state index is 0.0433. The minimum atomic E-state index is -3.07. The molecule has 1 aliphatic rings. The van der Waals surface area contributed by atoms with E-state index in [1.54, 1.807) is 13.0 Å². The van der Waals surface area contributed by atoms with Crippen LogP contribution in [0.3, 0.4) is 0 Å². The van der Waals surface area contributed by atoms with Crippen molar-refractivity contribution >= 4 is 33.0 Å². The van der Waals surface area contributed by atoms with Crippen molar-refractivity contribution in [1.82, 2.24) is 5.32 Å². The molecule has 0 aromatic heterocycles. The summed E-state index contributed by atoms with van der Waals surface area (Å²) in [5.41, 5.74) is 5.58. The van der Waals surface area contributed by atoms with Crippen LogP contribution in [0.25, 0.3) is 0 Å². The predicted molar refractivity (Wildman–Crippen MR) is 75.0 cm³/mol. The number of rotatable bonds is 2. The molecule has 3 N–H and O–H groups in total. The van der Waals surface area contributed by atoms with Gasteiger partial charge in [0.25, 0.3) is 5.91 Å². The van der Waals surface area contributed by atoms with Crippen LogP contribution in [-0.4, -0.2) is 31.4 Å². The van der Waals surface area contributed by atoms with Gasteiger partial charge in [0.2, 0.25) is 0 Å². The van der Waals surface area contributed by atoms with Gasteiger partial charge in [-0.2, -0.15) is 0 Å². The van der Waals surface area contributed by atoms with Gasteiger partial charge in [0, 0.05) is 5.69 Å². The molecule has 1 saturated heterocycles. The Morgan fingerprint density at radius 1 is 1.47 bits per heavy atom. The van der Waals surface area contributed by atoms with Gasteiger partial charge in [-0.1, -0.05) is 11.6 Å². The van der Waals surface area contributed by atoms with E-state index in [-0.39, 0.29) is 22.4 Å². The number of hydrogen-bond acceptors (Lipinski definition) is 4. The smallest absolute Gasteiger partial charge is 0.253 e. The fourth-order valence-electron chi connectivity index (χ4n) is 2.17. The van der Waals surface area contributed by atoms with Crippen molar-refractivity contribution in [2.75, 3.05) is 17.2 Å². The monoisotopic (exact) mass is 302 g/mol. The molecule has 19 heavy (non-hydrogen) atoms. The molecular weight excluding hydrogens is 288 g/mol. The number of anilines is 1. The van der Waals surface area contributed by atoms with E-state index in [4.69, 9.17) is 17.3 Å². The number of hydrogen-bond donors (Lipinski definition) is 2. The first kappa shape index (κ1) is 14.1. The minimum Gasteiger partial charge on any atom is -0.399 e. The summed E-state index contributed by atoms with van der Waals surface area (Å²) in [5.74, 6) is -0.331. The average molecular weight is 303 g/mol. The molecule has 5 nitrogen and oxygen atoms in total. The lowest BCUT2D eigenvalue weighted by Crippen LogP contribution is -2.47. The predicted octanol–water partition coefficient (Wildman–Crippen LogP) is 1.23. The quantitative estimate of drug-likeness (QED) is 0.804. The Morgan fingerprint density at radius 3 is 2.68 bits per heavy atom. The van der Waals surface area contributed by atoms with Gasteiger partial charge in [-0.25, -0.2) is 8.42 Å². The second-order valence-corrected chi connectivity index (χ2v) is 7.69. The lowest BCUT2D eigenvalue weighted by Gasteiger charge is -2.24. The highest BCUT2D eigenvalue weighted by Gasteiger charge is 2.39. The molecule has 0 bridgehead atoms. The van der Waals surface area contributed by atoms with Crippen molar-refractivity contribution in [3.8, 4) is 0 Å². The second kappa shape index (κ2) is 4.68. The number of benzene rings is 1. The topological polar surface area (TPSA) is 89.3 Å². The van der Waals surface area contributed by atoms with E-state index < -0.39 is 15.4 Å². The molecular formula is C12H15ClN2O3S. The fraction of sp³-hybridized carbons (Fsp3) is 0.417. The first-order valence-corrected chi connectivity index (χ1v) is 7.99. The van der Waals surface area contributed by atoms with Crippen molar-refractivity contribution in [3.05, 3.63) is 28.8 Å². The van der Waals surface area contributed by atoms with E-state index in [1.165, 1.54) is 12.1 Å². The zero-order valence-corrected chi connectivity index (χ0v) is 12.0. The molecule has 1 unspecified atom stereocenters. The summed E-state index contributed by atoms with van der Waals surface area (Å²) in [6.45, 7) is 1.72. The third-order valence-corrected chi connectivity index (χ3v) is 5.37. The van der Waals surface area contributed by atoms with E-state index in [0.29, 0.717) is 17.7 Å². The number of sulfone groups is 1. The summed E-state index contributed by atoms with van der Waals surface area (Å²) >= 11 is 5.95. The number of halogens is 1. The van der Waals surface area contributed by atoms with Crippen LogP contribution >= 0.6 is 11.6 Å². The summed E-state index contributed by atoms with van der Waals surface area (Å²) in [4.78, 5) is 12.1. The van der Waals surface area contributed by atoms with Gasteiger partial charge in [0.05, 0.1) is 27.6 Å². The summed E-state index contributed by atoms with van der Waals surface area (Å²) in [7, 11) is -3.07. The zero-order chi connectivity index (χ0) is 14.3. The second-order valence-electron chi connectivity index (χ2n) is 5.10. The third kappa shape index (κ3) is 3.19. The molecule has 1 aromatic carbocycles. The molecule has 7 heteroatoms. The van der Waals surface area contributed by atoms with Crippen molar-refractivity contribution < 1.29 is 13.2 Å². The maximum Gasteiger partial charge on any atom is 0.253 e. The van der Waals surface area contributed by atoms with Gasteiger partial charge >= 0.3 is 0 Å². The summed E-state index contributed by atoms with van der Waals surface area (Å²) in [5, 5.41) is 3.00. The molecule has 1 aromatic rings. The van der Waals surface area contributed by atoms with Crippen LogP contribution in [0.5, 0.6) is 0 Å². The number of nitrogens with one attached hydrogen (secondary N) is 1. The van der Waals surface area contributed by atoms with Crippen LogP contribution in [0.2, 0.25) is 5.02 Å².